The summed E-state index contributed by atoms with van der Waals surface area (Å²) in [6.07, 6.45) is 14.9. The van der Waals surface area contributed by atoms with Crippen molar-refractivity contribution in [3.63, 3.8) is 0 Å². The molecule has 1 amide bonds. The van der Waals surface area contributed by atoms with Crippen molar-refractivity contribution < 1.29 is 4.79 Å². The Kier molecular flexibility index (Phi) is 5.24. The zero-order valence-corrected chi connectivity index (χ0v) is 12.3. The number of amides is 1. The Hall–Kier alpha value is -1.05. The van der Waals surface area contributed by atoms with Crippen molar-refractivity contribution in [3.8, 4) is 0 Å². The van der Waals surface area contributed by atoms with Crippen molar-refractivity contribution >= 4 is 5.91 Å². The Morgan fingerprint density at radius 3 is 2.68 bits per heavy atom. The van der Waals surface area contributed by atoms with Crippen LogP contribution in [0.25, 0.3) is 0 Å². The lowest BCUT2D eigenvalue weighted by Gasteiger charge is -2.23. The Morgan fingerprint density at radius 2 is 2.11 bits per heavy atom. The zero-order valence-electron chi connectivity index (χ0n) is 12.3. The summed E-state index contributed by atoms with van der Waals surface area (Å²) in [4.78, 5) is 14.3. The summed E-state index contributed by atoms with van der Waals surface area (Å²) in [6, 6.07) is 0. The van der Waals surface area contributed by atoms with E-state index in [0.29, 0.717) is 23.7 Å². The third-order valence-corrected chi connectivity index (χ3v) is 3.87. The molecule has 1 atom stereocenters. The molecular formula is C17H27NO. The topological polar surface area (TPSA) is 20.3 Å². The molecule has 2 nitrogen and oxygen atoms in total. The standard InChI is InChI=1S/C17H27NO/c1-14(2)13-18(17(19)16-10-11-16)12-6-9-15-7-4-3-5-8-15/h3-4,6,9,14-16H,5,7-8,10-13H2,1-2H3/b9-6+. The van der Waals surface area contributed by atoms with Crippen LogP contribution in [0, 0.1) is 17.8 Å². The van der Waals surface area contributed by atoms with Gasteiger partial charge in [0.05, 0.1) is 0 Å². The minimum absolute atomic E-state index is 0.338. The first kappa shape index (κ1) is 14.4. The van der Waals surface area contributed by atoms with Crippen molar-refractivity contribution in [3.05, 3.63) is 24.3 Å². The minimum Gasteiger partial charge on any atom is -0.338 e. The summed E-state index contributed by atoms with van der Waals surface area (Å²) in [5, 5.41) is 0. The normalized spacial score (nSPS) is 23.2. The number of rotatable bonds is 6. The van der Waals surface area contributed by atoms with Gasteiger partial charge in [0, 0.05) is 19.0 Å². The van der Waals surface area contributed by atoms with E-state index in [1.54, 1.807) is 0 Å². The molecule has 0 heterocycles. The molecule has 0 bridgehead atoms. The lowest BCUT2D eigenvalue weighted by atomic mass is 9.94. The van der Waals surface area contributed by atoms with Crippen LogP contribution in [0.2, 0.25) is 0 Å². The first-order valence-electron chi connectivity index (χ1n) is 7.77. The zero-order chi connectivity index (χ0) is 13.7. The monoisotopic (exact) mass is 261 g/mol. The van der Waals surface area contributed by atoms with Crippen LogP contribution in [0.1, 0.15) is 46.0 Å². The summed E-state index contributed by atoms with van der Waals surface area (Å²) in [6.45, 7) is 6.06. The predicted octanol–water partition coefficient (Wildman–Crippen LogP) is 3.79. The first-order valence-corrected chi connectivity index (χ1v) is 7.77. The van der Waals surface area contributed by atoms with E-state index in [4.69, 9.17) is 0 Å². The highest BCUT2D eigenvalue weighted by molar-refractivity contribution is 5.81. The molecule has 2 aliphatic carbocycles. The fraction of sp³-hybridized carbons (Fsp3) is 0.706. The fourth-order valence-corrected chi connectivity index (χ4v) is 2.66. The number of carbonyl (C=O) groups excluding carboxylic acids is 1. The summed E-state index contributed by atoms with van der Waals surface area (Å²) in [7, 11) is 0. The van der Waals surface area contributed by atoms with Gasteiger partial charge in [-0.15, -0.1) is 0 Å². The van der Waals surface area contributed by atoms with E-state index in [2.05, 4.69) is 43.1 Å². The van der Waals surface area contributed by atoms with Crippen molar-refractivity contribution in [2.24, 2.45) is 17.8 Å². The summed E-state index contributed by atoms with van der Waals surface area (Å²) in [5.41, 5.74) is 0. The van der Waals surface area contributed by atoms with Crippen LogP contribution in [0.3, 0.4) is 0 Å². The number of allylic oxidation sites excluding steroid dienone is 3. The van der Waals surface area contributed by atoms with E-state index < -0.39 is 0 Å². The Balaban J connectivity index is 1.82. The predicted molar refractivity (Wildman–Crippen MR) is 79.8 cm³/mol. The molecule has 1 fully saturated rings. The van der Waals surface area contributed by atoms with Crippen LogP contribution in [-0.4, -0.2) is 23.9 Å². The molecule has 0 saturated heterocycles. The SMILES string of the molecule is CC(C)CN(C/C=C/C1CC=CCC1)C(=O)C1CC1. The number of carbonyl (C=O) groups is 1. The molecule has 1 unspecified atom stereocenters. The van der Waals surface area contributed by atoms with Gasteiger partial charge in [0.1, 0.15) is 0 Å². The van der Waals surface area contributed by atoms with Crippen LogP contribution in [0.4, 0.5) is 0 Å². The Labute approximate surface area is 117 Å². The van der Waals surface area contributed by atoms with E-state index in [1.807, 2.05) is 0 Å². The maximum Gasteiger partial charge on any atom is 0.225 e. The van der Waals surface area contributed by atoms with E-state index in [-0.39, 0.29) is 0 Å². The quantitative estimate of drug-likeness (QED) is 0.666. The lowest BCUT2D eigenvalue weighted by Crippen LogP contribution is -2.35. The molecular weight excluding hydrogens is 234 g/mol. The van der Waals surface area contributed by atoms with Gasteiger partial charge in [-0.1, -0.05) is 38.2 Å². The highest BCUT2D eigenvalue weighted by Crippen LogP contribution is 2.31. The summed E-state index contributed by atoms with van der Waals surface area (Å²) < 4.78 is 0. The van der Waals surface area contributed by atoms with Gasteiger partial charge < -0.3 is 4.90 Å². The molecule has 1 saturated carbocycles. The van der Waals surface area contributed by atoms with Crippen molar-refractivity contribution in [2.75, 3.05) is 13.1 Å². The second-order valence-electron chi connectivity index (χ2n) is 6.38. The minimum atomic E-state index is 0.338. The smallest absolute Gasteiger partial charge is 0.225 e. The van der Waals surface area contributed by atoms with E-state index >= 15 is 0 Å². The molecule has 2 aliphatic rings. The van der Waals surface area contributed by atoms with Crippen molar-refractivity contribution in [1.29, 1.82) is 0 Å². The van der Waals surface area contributed by atoms with Gasteiger partial charge in [0.15, 0.2) is 0 Å². The van der Waals surface area contributed by atoms with Gasteiger partial charge in [-0.25, -0.2) is 0 Å². The highest BCUT2D eigenvalue weighted by atomic mass is 16.2. The van der Waals surface area contributed by atoms with Gasteiger partial charge in [-0.05, 0) is 43.9 Å². The van der Waals surface area contributed by atoms with E-state index in [0.717, 1.165) is 32.4 Å². The molecule has 0 aromatic rings. The molecule has 0 aromatic carbocycles. The molecule has 0 aliphatic heterocycles. The number of nitrogens with zero attached hydrogens (tertiary/aromatic N) is 1. The largest absolute Gasteiger partial charge is 0.338 e. The maximum absolute atomic E-state index is 12.2. The van der Waals surface area contributed by atoms with Crippen LogP contribution in [0.15, 0.2) is 24.3 Å². The highest BCUT2D eigenvalue weighted by Gasteiger charge is 2.33. The Bertz CT molecular complexity index is 352. The number of hydrogen-bond donors (Lipinski definition) is 0. The molecule has 19 heavy (non-hydrogen) atoms. The second-order valence-corrected chi connectivity index (χ2v) is 6.38. The Morgan fingerprint density at radius 1 is 1.32 bits per heavy atom. The van der Waals surface area contributed by atoms with Gasteiger partial charge in [0.2, 0.25) is 5.91 Å². The van der Waals surface area contributed by atoms with E-state index in [9.17, 15) is 4.79 Å². The van der Waals surface area contributed by atoms with Crippen LogP contribution in [0.5, 0.6) is 0 Å². The first-order chi connectivity index (χ1) is 9.16. The second kappa shape index (κ2) is 6.93. The lowest BCUT2D eigenvalue weighted by molar-refractivity contribution is -0.132. The van der Waals surface area contributed by atoms with Gasteiger partial charge in [-0.2, -0.15) is 0 Å². The van der Waals surface area contributed by atoms with Gasteiger partial charge in [0.25, 0.3) is 0 Å². The molecule has 2 heteroatoms. The average Bonchev–Trinajstić information content (AvgIpc) is 3.22. The number of hydrogen-bond acceptors (Lipinski definition) is 1. The third-order valence-electron chi connectivity index (χ3n) is 3.87. The van der Waals surface area contributed by atoms with Crippen LogP contribution in [-0.2, 0) is 4.79 Å². The van der Waals surface area contributed by atoms with Crippen LogP contribution >= 0.6 is 0 Å². The van der Waals surface area contributed by atoms with Crippen molar-refractivity contribution in [1.82, 2.24) is 4.90 Å². The molecule has 0 aromatic heterocycles. The summed E-state index contributed by atoms with van der Waals surface area (Å²) in [5.74, 6) is 1.95. The molecule has 0 spiro atoms. The fourth-order valence-electron chi connectivity index (χ4n) is 2.66. The molecule has 0 radical (unpaired) electrons. The maximum atomic E-state index is 12.2. The molecule has 0 N–H and O–H groups in total. The average molecular weight is 261 g/mol. The van der Waals surface area contributed by atoms with E-state index in [1.165, 1.54) is 12.8 Å². The van der Waals surface area contributed by atoms with Gasteiger partial charge >= 0.3 is 0 Å². The molecule has 106 valence electrons. The third kappa shape index (κ3) is 4.85. The van der Waals surface area contributed by atoms with Crippen molar-refractivity contribution in [2.45, 2.75) is 46.0 Å². The van der Waals surface area contributed by atoms with Crippen LogP contribution < -0.4 is 0 Å². The van der Waals surface area contributed by atoms with Gasteiger partial charge in [-0.3, -0.25) is 4.79 Å². The summed E-state index contributed by atoms with van der Waals surface area (Å²) >= 11 is 0. The molecule has 2 rings (SSSR count).